The maximum Gasteiger partial charge on any atom is 0.241 e. The van der Waals surface area contributed by atoms with Crippen molar-refractivity contribution in [2.24, 2.45) is 0 Å². The number of thioether (sulfide) groups is 1. The van der Waals surface area contributed by atoms with Gasteiger partial charge in [0.2, 0.25) is 21.1 Å². The molecule has 0 saturated heterocycles. The number of benzene rings is 3. The summed E-state index contributed by atoms with van der Waals surface area (Å²) in [4.78, 5) is 16.9. The molecule has 8 nitrogen and oxygen atoms in total. The number of hydrogen-bond acceptors (Lipinski definition) is 6. The number of carbonyl (C=O) groups excluding carboxylic acids is 1. The normalized spacial score (nSPS) is 12.2. The van der Waals surface area contributed by atoms with E-state index in [4.69, 9.17) is 0 Å². The van der Waals surface area contributed by atoms with Crippen LogP contribution in [-0.2, 0) is 21.2 Å². The van der Waals surface area contributed by atoms with Crippen molar-refractivity contribution < 1.29 is 13.2 Å². The first kappa shape index (κ1) is 26.6. The van der Waals surface area contributed by atoms with Crippen molar-refractivity contribution in [2.75, 3.05) is 12.3 Å². The van der Waals surface area contributed by atoms with E-state index in [-0.39, 0.29) is 16.8 Å². The van der Waals surface area contributed by atoms with Crippen LogP contribution >= 0.6 is 11.8 Å². The van der Waals surface area contributed by atoms with Crippen molar-refractivity contribution in [3.8, 4) is 11.4 Å². The van der Waals surface area contributed by atoms with E-state index in [0.29, 0.717) is 36.1 Å². The molecule has 3 aromatic carbocycles. The molecule has 0 aliphatic rings. The average Bonchev–Trinajstić information content (AvgIpc) is 3.40. The molecule has 0 bridgehead atoms. The summed E-state index contributed by atoms with van der Waals surface area (Å²) in [6.07, 6.45) is 0.841. The molecule has 192 valence electrons. The summed E-state index contributed by atoms with van der Waals surface area (Å²) in [5.74, 6) is 1.31. The van der Waals surface area contributed by atoms with Crippen LogP contribution in [0.1, 0.15) is 30.5 Å². The largest absolute Gasteiger partial charge is 0.355 e. The summed E-state index contributed by atoms with van der Waals surface area (Å²) in [6, 6.07) is 25.5. The number of amides is 1. The number of rotatable bonds is 12. The summed E-state index contributed by atoms with van der Waals surface area (Å²) in [5, 5.41) is 10.7. The van der Waals surface area contributed by atoms with Gasteiger partial charge in [0.05, 0.1) is 4.90 Å². The minimum atomic E-state index is -3.65. The predicted molar refractivity (Wildman–Crippen MR) is 145 cm³/mol. The minimum absolute atomic E-state index is 0.0596. The van der Waals surface area contributed by atoms with Crippen LogP contribution in [-0.4, -0.2) is 41.8 Å². The SMILES string of the molecule is CC(NS(=O)(=O)c1ccc(CCC(=O)NCCSc2n[nH]c(-c3ccccc3)n2)cc1)c1ccccc1. The van der Waals surface area contributed by atoms with E-state index in [9.17, 15) is 13.2 Å². The quantitative estimate of drug-likeness (QED) is 0.183. The summed E-state index contributed by atoms with van der Waals surface area (Å²) in [5.41, 5.74) is 2.76. The molecule has 0 saturated carbocycles. The smallest absolute Gasteiger partial charge is 0.241 e. The summed E-state index contributed by atoms with van der Waals surface area (Å²) in [7, 11) is -3.65. The molecule has 0 fully saturated rings. The molecule has 4 rings (SSSR count). The Balaban J connectivity index is 1.18. The van der Waals surface area contributed by atoms with E-state index in [1.54, 1.807) is 24.3 Å². The zero-order valence-electron chi connectivity index (χ0n) is 20.4. The van der Waals surface area contributed by atoms with Gasteiger partial charge in [-0.1, -0.05) is 84.6 Å². The van der Waals surface area contributed by atoms with Crippen LogP contribution in [0.25, 0.3) is 11.4 Å². The standard InChI is InChI=1S/C27H29N5O3S2/c1-20(22-8-4-2-5-9-22)32-37(34,35)24-15-12-21(13-16-24)14-17-25(33)28-18-19-36-27-29-26(30-31-27)23-10-6-3-7-11-23/h2-13,15-16,20,32H,14,17-19H2,1H3,(H,28,33)(H,29,30,31). The van der Waals surface area contributed by atoms with Crippen LogP contribution in [0.5, 0.6) is 0 Å². The molecule has 0 aliphatic heterocycles. The van der Waals surface area contributed by atoms with Gasteiger partial charge in [0.1, 0.15) is 0 Å². The van der Waals surface area contributed by atoms with Gasteiger partial charge in [-0.3, -0.25) is 9.89 Å². The number of aromatic amines is 1. The Kier molecular flexibility index (Phi) is 9.10. The van der Waals surface area contributed by atoms with Crippen molar-refractivity contribution >= 4 is 27.7 Å². The number of hydrogen-bond donors (Lipinski definition) is 3. The number of H-pyrrole nitrogens is 1. The van der Waals surface area contributed by atoms with Gasteiger partial charge >= 0.3 is 0 Å². The number of sulfonamides is 1. The second-order valence-electron chi connectivity index (χ2n) is 8.43. The van der Waals surface area contributed by atoms with Crippen molar-refractivity contribution in [3.05, 3.63) is 96.1 Å². The molecule has 37 heavy (non-hydrogen) atoms. The second kappa shape index (κ2) is 12.7. The van der Waals surface area contributed by atoms with E-state index in [0.717, 1.165) is 16.7 Å². The molecule has 1 amide bonds. The fraction of sp³-hybridized carbons (Fsp3) is 0.222. The van der Waals surface area contributed by atoms with Gasteiger partial charge in [-0.2, -0.15) is 0 Å². The van der Waals surface area contributed by atoms with Gasteiger partial charge < -0.3 is 5.32 Å². The Bertz CT molecular complexity index is 1390. The van der Waals surface area contributed by atoms with Crippen LogP contribution in [0.2, 0.25) is 0 Å². The molecule has 1 unspecified atom stereocenters. The highest BCUT2D eigenvalue weighted by Crippen LogP contribution is 2.19. The number of nitrogens with one attached hydrogen (secondary N) is 3. The predicted octanol–water partition coefficient (Wildman–Crippen LogP) is 4.35. The van der Waals surface area contributed by atoms with E-state index in [2.05, 4.69) is 25.2 Å². The first-order chi connectivity index (χ1) is 17.9. The Hall–Kier alpha value is -3.47. The maximum absolute atomic E-state index is 12.7. The first-order valence-corrected chi connectivity index (χ1v) is 14.4. The lowest BCUT2D eigenvalue weighted by atomic mass is 10.1. The maximum atomic E-state index is 12.7. The van der Waals surface area contributed by atoms with Gasteiger partial charge in [-0.05, 0) is 36.6 Å². The van der Waals surface area contributed by atoms with Gasteiger partial charge in [-0.25, -0.2) is 18.1 Å². The fourth-order valence-corrected chi connectivity index (χ4v) is 5.55. The van der Waals surface area contributed by atoms with E-state index < -0.39 is 10.0 Å². The lowest BCUT2D eigenvalue weighted by molar-refractivity contribution is -0.120. The molecule has 1 aromatic heterocycles. The van der Waals surface area contributed by atoms with Gasteiger partial charge in [0.15, 0.2) is 5.82 Å². The topological polar surface area (TPSA) is 117 Å². The molecule has 10 heteroatoms. The zero-order chi connectivity index (χ0) is 26.1. The van der Waals surface area contributed by atoms with Crippen molar-refractivity contribution in [1.29, 1.82) is 0 Å². The third kappa shape index (κ3) is 7.75. The highest BCUT2D eigenvalue weighted by molar-refractivity contribution is 7.99. The molecule has 0 radical (unpaired) electrons. The lowest BCUT2D eigenvalue weighted by Crippen LogP contribution is -2.27. The van der Waals surface area contributed by atoms with E-state index in [1.807, 2.05) is 67.6 Å². The zero-order valence-corrected chi connectivity index (χ0v) is 22.1. The van der Waals surface area contributed by atoms with Crippen molar-refractivity contribution in [1.82, 2.24) is 25.2 Å². The van der Waals surface area contributed by atoms with Gasteiger partial charge in [0.25, 0.3) is 0 Å². The molecule has 3 N–H and O–H groups in total. The van der Waals surface area contributed by atoms with Crippen LogP contribution in [0.15, 0.2) is 95.0 Å². The molecular weight excluding hydrogens is 506 g/mol. The molecule has 1 atom stereocenters. The summed E-state index contributed by atoms with van der Waals surface area (Å²) in [6.45, 7) is 2.31. The summed E-state index contributed by atoms with van der Waals surface area (Å²) < 4.78 is 28.2. The third-order valence-electron chi connectivity index (χ3n) is 5.67. The van der Waals surface area contributed by atoms with E-state index >= 15 is 0 Å². The minimum Gasteiger partial charge on any atom is -0.355 e. The van der Waals surface area contributed by atoms with Crippen LogP contribution in [0, 0.1) is 0 Å². The monoisotopic (exact) mass is 535 g/mol. The molecule has 4 aromatic rings. The van der Waals surface area contributed by atoms with Crippen molar-refractivity contribution in [2.45, 2.75) is 35.9 Å². The third-order valence-corrected chi connectivity index (χ3v) is 8.08. The van der Waals surface area contributed by atoms with Gasteiger partial charge in [-0.15, -0.1) is 5.10 Å². The lowest BCUT2D eigenvalue weighted by Gasteiger charge is -2.15. The van der Waals surface area contributed by atoms with Crippen LogP contribution in [0.3, 0.4) is 0 Å². The molecule has 0 spiro atoms. The highest BCUT2D eigenvalue weighted by Gasteiger charge is 2.18. The Morgan fingerprint density at radius 1 is 0.973 bits per heavy atom. The second-order valence-corrected chi connectivity index (χ2v) is 11.2. The van der Waals surface area contributed by atoms with Crippen LogP contribution < -0.4 is 10.0 Å². The molecule has 1 heterocycles. The Labute approximate surface area is 221 Å². The molecular formula is C27H29N5O3S2. The number of nitrogens with zero attached hydrogens (tertiary/aromatic N) is 2. The molecule has 0 aliphatic carbocycles. The number of aryl methyl sites for hydroxylation is 1. The number of aromatic nitrogens is 3. The fourth-order valence-electron chi connectivity index (χ4n) is 3.66. The van der Waals surface area contributed by atoms with E-state index in [1.165, 1.54) is 11.8 Å². The Morgan fingerprint density at radius 2 is 1.65 bits per heavy atom. The number of carbonyl (C=O) groups is 1. The summed E-state index contributed by atoms with van der Waals surface area (Å²) >= 11 is 1.47. The highest BCUT2D eigenvalue weighted by atomic mass is 32.2. The first-order valence-electron chi connectivity index (χ1n) is 11.9. The Morgan fingerprint density at radius 3 is 2.35 bits per heavy atom. The van der Waals surface area contributed by atoms with Crippen molar-refractivity contribution in [3.63, 3.8) is 0 Å². The van der Waals surface area contributed by atoms with Crippen LogP contribution in [0.4, 0.5) is 0 Å². The average molecular weight is 536 g/mol. The van der Waals surface area contributed by atoms with Gasteiger partial charge in [0, 0.05) is 30.3 Å².